The lowest BCUT2D eigenvalue weighted by molar-refractivity contribution is 0.412. The third-order valence-corrected chi connectivity index (χ3v) is 3.48. The molecule has 1 aliphatic heterocycles. The Hall–Kier alpha value is -0.860. The summed E-state index contributed by atoms with van der Waals surface area (Å²) in [6.07, 6.45) is 5.01. The van der Waals surface area contributed by atoms with Crippen LogP contribution in [0.2, 0.25) is 0 Å². The van der Waals surface area contributed by atoms with E-state index in [1.165, 1.54) is 31.4 Å². The van der Waals surface area contributed by atoms with Crippen molar-refractivity contribution in [1.29, 1.82) is 0 Å². The summed E-state index contributed by atoms with van der Waals surface area (Å²) in [6.45, 7) is 4.65. The fourth-order valence-electron chi connectivity index (χ4n) is 2.61. The van der Waals surface area contributed by atoms with E-state index in [2.05, 4.69) is 47.9 Å². The number of hydrogen-bond donors (Lipinski definition) is 2. The minimum absolute atomic E-state index is 0.570. The monoisotopic (exact) mass is 232 g/mol. The average Bonchev–Trinajstić information content (AvgIpc) is 2.59. The molecule has 1 aromatic carbocycles. The van der Waals surface area contributed by atoms with Crippen LogP contribution in [0.15, 0.2) is 30.3 Å². The number of rotatable bonds is 4. The zero-order valence-electron chi connectivity index (χ0n) is 10.8. The van der Waals surface area contributed by atoms with E-state index in [1.807, 2.05) is 0 Å². The second-order valence-electron chi connectivity index (χ2n) is 5.14. The third kappa shape index (κ3) is 4.49. The lowest BCUT2D eigenvalue weighted by Gasteiger charge is -2.22. The van der Waals surface area contributed by atoms with Gasteiger partial charge in [0.1, 0.15) is 0 Å². The molecule has 2 rings (SSSR count). The van der Waals surface area contributed by atoms with E-state index >= 15 is 0 Å². The van der Waals surface area contributed by atoms with E-state index in [1.54, 1.807) is 0 Å². The van der Waals surface area contributed by atoms with Crippen molar-refractivity contribution < 1.29 is 0 Å². The van der Waals surface area contributed by atoms with Crippen molar-refractivity contribution in [3.63, 3.8) is 0 Å². The molecule has 0 saturated carbocycles. The number of benzene rings is 1. The first-order valence-corrected chi connectivity index (χ1v) is 6.85. The summed E-state index contributed by atoms with van der Waals surface area (Å²) in [5, 5.41) is 7.23. The molecule has 1 aliphatic rings. The molecule has 0 aromatic heterocycles. The van der Waals surface area contributed by atoms with Gasteiger partial charge in [0.15, 0.2) is 0 Å². The third-order valence-electron chi connectivity index (χ3n) is 3.48. The van der Waals surface area contributed by atoms with Gasteiger partial charge in [0.05, 0.1) is 0 Å². The second kappa shape index (κ2) is 6.77. The van der Waals surface area contributed by atoms with Gasteiger partial charge in [-0.05, 0) is 51.3 Å². The van der Waals surface area contributed by atoms with Crippen LogP contribution in [0.1, 0.15) is 31.7 Å². The Balaban J connectivity index is 1.78. The predicted octanol–water partition coefficient (Wildman–Crippen LogP) is 2.35. The predicted molar refractivity (Wildman–Crippen MR) is 73.3 cm³/mol. The van der Waals surface area contributed by atoms with Crippen LogP contribution in [0, 0.1) is 0 Å². The minimum Gasteiger partial charge on any atom is -0.317 e. The molecular formula is C15H24N2. The van der Waals surface area contributed by atoms with Crippen LogP contribution >= 0.6 is 0 Å². The van der Waals surface area contributed by atoms with Crippen molar-refractivity contribution in [2.24, 2.45) is 0 Å². The molecule has 0 amide bonds. The Morgan fingerprint density at radius 3 is 2.88 bits per heavy atom. The highest BCUT2D eigenvalue weighted by molar-refractivity contribution is 5.15. The maximum absolute atomic E-state index is 3.77. The summed E-state index contributed by atoms with van der Waals surface area (Å²) in [5.41, 5.74) is 1.43. The van der Waals surface area contributed by atoms with Gasteiger partial charge in [-0.3, -0.25) is 0 Å². The number of hydrogen-bond acceptors (Lipinski definition) is 2. The van der Waals surface area contributed by atoms with Crippen molar-refractivity contribution in [2.75, 3.05) is 13.1 Å². The van der Waals surface area contributed by atoms with Crippen molar-refractivity contribution in [3.8, 4) is 0 Å². The molecule has 2 unspecified atom stereocenters. The largest absolute Gasteiger partial charge is 0.317 e. The standard InChI is InChI=1S/C15H24N2/c1-13(12-14-6-3-2-4-7-14)17-15-8-5-10-16-11-9-15/h2-4,6-7,13,15-17H,5,8-12H2,1H3. The van der Waals surface area contributed by atoms with Gasteiger partial charge >= 0.3 is 0 Å². The number of nitrogens with one attached hydrogen (secondary N) is 2. The summed E-state index contributed by atoms with van der Waals surface area (Å²) in [7, 11) is 0. The highest BCUT2D eigenvalue weighted by atomic mass is 15.0. The molecule has 17 heavy (non-hydrogen) atoms. The van der Waals surface area contributed by atoms with Gasteiger partial charge in [-0.2, -0.15) is 0 Å². The molecule has 0 aliphatic carbocycles. The van der Waals surface area contributed by atoms with Crippen LogP contribution in [0.3, 0.4) is 0 Å². The van der Waals surface area contributed by atoms with Gasteiger partial charge in [0.2, 0.25) is 0 Å². The summed E-state index contributed by atoms with van der Waals surface area (Å²) in [6, 6.07) is 12.0. The summed E-state index contributed by atoms with van der Waals surface area (Å²) in [4.78, 5) is 0. The maximum atomic E-state index is 3.77. The SMILES string of the molecule is CC(Cc1ccccc1)NC1CCCNCC1. The van der Waals surface area contributed by atoms with Crippen LogP contribution in [0.4, 0.5) is 0 Å². The fourth-order valence-corrected chi connectivity index (χ4v) is 2.61. The minimum atomic E-state index is 0.570. The van der Waals surface area contributed by atoms with E-state index in [9.17, 15) is 0 Å². The van der Waals surface area contributed by atoms with Crippen LogP contribution in [-0.4, -0.2) is 25.2 Å². The smallest absolute Gasteiger partial charge is 0.00822 e. The Morgan fingerprint density at radius 2 is 2.06 bits per heavy atom. The van der Waals surface area contributed by atoms with Gasteiger partial charge in [-0.15, -0.1) is 0 Å². The lowest BCUT2D eigenvalue weighted by Crippen LogP contribution is -2.38. The molecule has 2 N–H and O–H groups in total. The van der Waals surface area contributed by atoms with Crippen molar-refractivity contribution in [2.45, 2.75) is 44.7 Å². The van der Waals surface area contributed by atoms with Crippen LogP contribution < -0.4 is 10.6 Å². The van der Waals surface area contributed by atoms with Crippen molar-refractivity contribution >= 4 is 0 Å². The second-order valence-corrected chi connectivity index (χ2v) is 5.14. The zero-order valence-corrected chi connectivity index (χ0v) is 10.8. The first kappa shape index (κ1) is 12.6. The van der Waals surface area contributed by atoms with Crippen LogP contribution in [0.25, 0.3) is 0 Å². The van der Waals surface area contributed by atoms with Gasteiger partial charge in [-0.1, -0.05) is 30.3 Å². The van der Waals surface area contributed by atoms with Crippen LogP contribution in [-0.2, 0) is 6.42 Å². The summed E-state index contributed by atoms with van der Waals surface area (Å²) in [5.74, 6) is 0. The molecule has 1 heterocycles. The Bertz CT molecular complexity index is 302. The topological polar surface area (TPSA) is 24.1 Å². The van der Waals surface area contributed by atoms with E-state index in [4.69, 9.17) is 0 Å². The molecule has 1 fully saturated rings. The molecular weight excluding hydrogens is 208 g/mol. The normalized spacial score (nSPS) is 23.0. The fraction of sp³-hybridized carbons (Fsp3) is 0.600. The average molecular weight is 232 g/mol. The van der Waals surface area contributed by atoms with Crippen LogP contribution in [0.5, 0.6) is 0 Å². The first-order chi connectivity index (χ1) is 8.34. The van der Waals surface area contributed by atoms with Gasteiger partial charge in [-0.25, -0.2) is 0 Å². The highest BCUT2D eigenvalue weighted by Gasteiger charge is 2.14. The van der Waals surface area contributed by atoms with Gasteiger partial charge in [0.25, 0.3) is 0 Å². The molecule has 0 radical (unpaired) electrons. The molecule has 0 bridgehead atoms. The van der Waals surface area contributed by atoms with Crippen molar-refractivity contribution in [3.05, 3.63) is 35.9 Å². The Morgan fingerprint density at radius 1 is 1.24 bits per heavy atom. The zero-order chi connectivity index (χ0) is 11.9. The maximum Gasteiger partial charge on any atom is 0.00822 e. The summed E-state index contributed by atoms with van der Waals surface area (Å²) >= 11 is 0. The Labute approximate surface area is 105 Å². The lowest BCUT2D eigenvalue weighted by atomic mass is 10.0. The van der Waals surface area contributed by atoms with E-state index in [0.717, 1.165) is 13.0 Å². The molecule has 94 valence electrons. The molecule has 2 nitrogen and oxygen atoms in total. The molecule has 1 aromatic rings. The Kier molecular flexibility index (Phi) is 5.02. The molecule has 1 saturated heterocycles. The van der Waals surface area contributed by atoms with E-state index in [-0.39, 0.29) is 0 Å². The first-order valence-electron chi connectivity index (χ1n) is 6.85. The van der Waals surface area contributed by atoms with Crippen molar-refractivity contribution in [1.82, 2.24) is 10.6 Å². The highest BCUT2D eigenvalue weighted by Crippen LogP contribution is 2.08. The van der Waals surface area contributed by atoms with E-state index in [0.29, 0.717) is 12.1 Å². The van der Waals surface area contributed by atoms with Gasteiger partial charge in [0, 0.05) is 12.1 Å². The van der Waals surface area contributed by atoms with E-state index < -0.39 is 0 Å². The molecule has 2 heteroatoms. The molecule has 0 spiro atoms. The summed E-state index contributed by atoms with van der Waals surface area (Å²) < 4.78 is 0. The molecule has 2 atom stereocenters. The quantitative estimate of drug-likeness (QED) is 0.832. The van der Waals surface area contributed by atoms with Gasteiger partial charge < -0.3 is 10.6 Å².